The molecule has 2 rings (SSSR count). The van der Waals surface area contributed by atoms with Crippen LogP contribution in [0.15, 0.2) is 45.9 Å². The van der Waals surface area contributed by atoms with Gasteiger partial charge in [0.05, 0.1) is 10.6 Å². The zero-order valence-electron chi connectivity index (χ0n) is 10.5. The molecular weight excluding hydrogens is 344 g/mol. The molecule has 0 saturated carbocycles. The summed E-state index contributed by atoms with van der Waals surface area (Å²) in [7, 11) is 0. The maximum absolute atomic E-state index is 10.7. The third-order valence-corrected chi connectivity index (χ3v) is 3.62. The van der Waals surface area contributed by atoms with E-state index in [1.165, 1.54) is 24.4 Å². The van der Waals surface area contributed by atoms with Crippen molar-refractivity contribution in [2.45, 2.75) is 6.92 Å². The second-order valence-electron chi connectivity index (χ2n) is 4.18. The lowest BCUT2D eigenvalue weighted by molar-refractivity contribution is -0.384. The van der Waals surface area contributed by atoms with Crippen LogP contribution < -0.4 is 0 Å². The predicted octanol–water partition coefficient (Wildman–Crippen LogP) is 5.07. The fourth-order valence-corrected chi connectivity index (χ4v) is 2.36. The lowest BCUT2D eigenvalue weighted by atomic mass is 10.2. The lowest BCUT2D eigenvalue weighted by Gasteiger charge is -2.01. The molecule has 0 spiro atoms. The number of nitro groups is 1. The van der Waals surface area contributed by atoms with Crippen molar-refractivity contribution in [3.8, 4) is 0 Å². The summed E-state index contributed by atoms with van der Waals surface area (Å²) in [6, 6.07) is 10.00. The molecule has 6 heteroatoms. The Balaban J connectivity index is 2.35. The lowest BCUT2D eigenvalue weighted by Crippen LogP contribution is -1.90. The van der Waals surface area contributed by atoms with E-state index >= 15 is 0 Å². The number of rotatable bonds is 3. The van der Waals surface area contributed by atoms with E-state index in [1.807, 2.05) is 25.1 Å². The van der Waals surface area contributed by atoms with Crippen LogP contribution in [0, 0.1) is 17.0 Å². The third-order valence-electron chi connectivity index (χ3n) is 2.64. The van der Waals surface area contributed by atoms with Crippen LogP contribution >= 0.6 is 27.5 Å². The standard InChI is InChI=1S/C14H10BrClN2O2/c1-9-2-5-14(12(15)6-9)17-8-10-7-11(18(19)20)3-4-13(10)16/h2-8H,1H3. The molecule has 4 nitrogen and oxygen atoms in total. The molecule has 0 atom stereocenters. The Morgan fingerprint density at radius 1 is 1.30 bits per heavy atom. The van der Waals surface area contributed by atoms with E-state index in [9.17, 15) is 10.1 Å². The number of benzene rings is 2. The summed E-state index contributed by atoms with van der Waals surface area (Å²) in [4.78, 5) is 14.6. The molecule has 0 aliphatic carbocycles. The molecule has 20 heavy (non-hydrogen) atoms. The van der Waals surface area contributed by atoms with Gasteiger partial charge >= 0.3 is 0 Å². The van der Waals surface area contributed by atoms with Crippen LogP contribution in [-0.2, 0) is 0 Å². The van der Waals surface area contributed by atoms with Gasteiger partial charge < -0.3 is 0 Å². The molecule has 0 unspecified atom stereocenters. The van der Waals surface area contributed by atoms with E-state index < -0.39 is 4.92 Å². The van der Waals surface area contributed by atoms with Crippen molar-refractivity contribution in [1.82, 2.24) is 0 Å². The Morgan fingerprint density at radius 3 is 2.70 bits per heavy atom. The van der Waals surface area contributed by atoms with Gasteiger partial charge in [0.2, 0.25) is 0 Å². The van der Waals surface area contributed by atoms with Crippen LogP contribution in [0.3, 0.4) is 0 Å². The van der Waals surface area contributed by atoms with Gasteiger partial charge in [-0.25, -0.2) is 0 Å². The highest BCUT2D eigenvalue weighted by Gasteiger charge is 2.08. The first-order valence-corrected chi connectivity index (χ1v) is 6.88. The number of nitrogens with zero attached hydrogens (tertiary/aromatic N) is 2. The van der Waals surface area contributed by atoms with Gasteiger partial charge in [-0.2, -0.15) is 0 Å². The van der Waals surface area contributed by atoms with Crippen LogP contribution in [0.5, 0.6) is 0 Å². The summed E-state index contributed by atoms with van der Waals surface area (Å²) in [5, 5.41) is 11.2. The number of aliphatic imine (C=N–C) groups is 1. The zero-order chi connectivity index (χ0) is 14.7. The summed E-state index contributed by atoms with van der Waals surface area (Å²) < 4.78 is 0.857. The van der Waals surface area contributed by atoms with Gasteiger partial charge in [-0.3, -0.25) is 15.1 Å². The number of nitro benzene ring substituents is 1. The zero-order valence-corrected chi connectivity index (χ0v) is 12.9. The molecule has 0 saturated heterocycles. The van der Waals surface area contributed by atoms with Crippen molar-refractivity contribution in [1.29, 1.82) is 0 Å². The summed E-state index contributed by atoms with van der Waals surface area (Å²) >= 11 is 9.43. The van der Waals surface area contributed by atoms with E-state index in [0.717, 1.165) is 15.7 Å². The summed E-state index contributed by atoms with van der Waals surface area (Å²) in [6.45, 7) is 1.98. The number of hydrogen-bond acceptors (Lipinski definition) is 3. The largest absolute Gasteiger partial charge is 0.270 e. The van der Waals surface area contributed by atoms with Gasteiger partial charge in [0, 0.05) is 33.4 Å². The highest BCUT2D eigenvalue weighted by Crippen LogP contribution is 2.27. The minimum Gasteiger partial charge on any atom is -0.258 e. The van der Waals surface area contributed by atoms with E-state index in [4.69, 9.17) is 11.6 Å². The quantitative estimate of drug-likeness (QED) is 0.439. The smallest absolute Gasteiger partial charge is 0.258 e. The maximum atomic E-state index is 10.7. The van der Waals surface area contributed by atoms with Crippen molar-refractivity contribution >= 4 is 45.1 Å². The Hall–Kier alpha value is -1.72. The molecule has 0 aliphatic heterocycles. The van der Waals surface area contributed by atoms with Crippen LogP contribution in [0.2, 0.25) is 5.02 Å². The normalized spacial score (nSPS) is 10.9. The van der Waals surface area contributed by atoms with Crippen LogP contribution in [0.4, 0.5) is 11.4 Å². The van der Waals surface area contributed by atoms with Crippen LogP contribution in [-0.4, -0.2) is 11.1 Å². The SMILES string of the molecule is Cc1ccc(N=Cc2cc([N+](=O)[O-])ccc2Cl)c(Br)c1. The Kier molecular flexibility index (Phi) is 4.52. The Labute approximate surface area is 129 Å². The number of aryl methyl sites for hydroxylation is 1. The van der Waals surface area contributed by atoms with Crippen molar-refractivity contribution in [2.24, 2.45) is 4.99 Å². The maximum Gasteiger partial charge on any atom is 0.270 e. The second kappa shape index (κ2) is 6.15. The van der Waals surface area contributed by atoms with E-state index in [2.05, 4.69) is 20.9 Å². The molecule has 0 bridgehead atoms. The predicted molar refractivity (Wildman–Crippen MR) is 84.2 cm³/mol. The number of halogens is 2. The highest BCUT2D eigenvalue weighted by molar-refractivity contribution is 9.10. The topological polar surface area (TPSA) is 55.5 Å². The van der Waals surface area contributed by atoms with Crippen molar-refractivity contribution in [3.63, 3.8) is 0 Å². The fraction of sp³-hybridized carbons (Fsp3) is 0.0714. The summed E-state index contributed by atoms with van der Waals surface area (Å²) in [6.07, 6.45) is 1.52. The fourth-order valence-electron chi connectivity index (χ4n) is 1.60. The number of non-ortho nitro benzene ring substituents is 1. The first kappa shape index (κ1) is 14.7. The van der Waals surface area contributed by atoms with Gasteiger partial charge in [0.25, 0.3) is 5.69 Å². The van der Waals surface area contributed by atoms with E-state index in [1.54, 1.807) is 0 Å². The minimum atomic E-state index is -0.463. The molecule has 0 amide bonds. The van der Waals surface area contributed by atoms with Crippen LogP contribution in [0.1, 0.15) is 11.1 Å². The highest BCUT2D eigenvalue weighted by atomic mass is 79.9. The van der Waals surface area contributed by atoms with Crippen molar-refractivity contribution in [2.75, 3.05) is 0 Å². The molecule has 2 aromatic rings. The molecular formula is C14H10BrClN2O2. The second-order valence-corrected chi connectivity index (χ2v) is 5.44. The van der Waals surface area contributed by atoms with Gasteiger partial charge in [0.1, 0.15) is 0 Å². The van der Waals surface area contributed by atoms with Crippen LogP contribution in [0.25, 0.3) is 0 Å². The molecule has 0 aromatic heterocycles. The first-order chi connectivity index (χ1) is 9.47. The van der Waals surface area contributed by atoms with E-state index in [0.29, 0.717) is 10.6 Å². The molecule has 2 aromatic carbocycles. The molecule has 0 heterocycles. The average Bonchev–Trinajstić information content (AvgIpc) is 2.39. The van der Waals surface area contributed by atoms with Gasteiger partial charge in [-0.1, -0.05) is 17.7 Å². The summed E-state index contributed by atoms with van der Waals surface area (Å²) in [5.41, 5.74) is 2.34. The minimum absolute atomic E-state index is 0.0150. The Bertz CT molecular complexity index is 702. The molecule has 0 N–H and O–H groups in total. The Morgan fingerprint density at radius 2 is 2.05 bits per heavy atom. The van der Waals surface area contributed by atoms with Gasteiger partial charge in [0.15, 0.2) is 0 Å². The van der Waals surface area contributed by atoms with Gasteiger partial charge in [-0.05, 0) is 46.6 Å². The van der Waals surface area contributed by atoms with E-state index in [-0.39, 0.29) is 5.69 Å². The van der Waals surface area contributed by atoms with Crippen molar-refractivity contribution < 1.29 is 4.92 Å². The molecule has 0 radical (unpaired) electrons. The molecule has 102 valence electrons. The molecule has 0 fully saturated rings. The third kappa shape index (κ3) is 3.43. The van der Waals surface area contributed by atoms with Crippen molar-refractivity contribution in [3.05, 3.63) is 67.1 Å². The average molecular weight is 354 g/mol. The number of hydrogen-bond donors (Lipinski definition) is 0. The monoisotopic (exact) mass is 352 g/mol. The molecule has 0 aliphatic rings. The van der Waals surface area contributed by atoms with Gasteiger partial charge in [-0.15, -0.1) is 0 Å². The first-order valence-electron chi connectivity index (χ1n) is 5.71. The summed E-state index contributed by atoms with van der Waals surface area (Å²) in [5.74, 6) is 0.